The molecular formula is C12H16ClNO. The third-order valence-electron chi connectivity index (χ3n) is 3.03. The first-order chi connectivity index (χ1) is 7.22. The summed E-state index contributed by atoms with van der Waals surface area (Å²) in [6.45, 7) is 0. The molecule has 2 nitrogen and oxygen atoms in total. The predicted octanol–water partition coefficient (Wildman–Crippen LogP) is 3.07. The van der Waals surface area contributed by atoms with Crippen molar-refractivity contribution in [3.63, 3.8) is 0 Å². The zero-order valence-electron chi connectivity index (χ0n) is 8.92. The molecule has 1 aliphatic carbocycles. The maximum Gasteiger partial charge on any atom is 0.120 e. The third-order valence-corrected chi connectivity index (χ3v) is 3.37. The summed E-state index contributed by atoms with van der Waals surface area (Å²) in [6, 6.07) is 4.01. The van der Waals surface area contributed by atoms with Crippen LogP contribution in [-0.4, -0.2) is 7.11 Å². The van der Waals surface area contributed by atoms with E-state index in [1.807, 2.05) is 12.1 Å². The van der Waals surface area contributed by atoms with Gasteiger partial charge in [-0.2, -0.15) is 0 Å². The van der Waals surface area contributed by atoms with Gasteiger partial charge < -0.3 is 10.5 Å². The molecule has 1 aromatic rings. The molecule has 0 aliphatic heterocycles. The number of halogens is 1. The average molecular weight is 226 g/mol. The lowest BCUT2D eigenvalue weighted by atomic mass is 9.99. The summed E-state index contributed by atoms with van der Waals surface area (Å²) in [4.78, 5) is 0. The van der Waals surface area contributed by atoms with E-state index >= 15 is 0 Å². The average Bonchev–Trinajstić information content (AvgIpc) is 2.41. The molecule has 0 saturated heterocycles. The molecule has 0 bridgehead atoms. The molecule has 0 aromatic heterocycles. The Hall–Kier alpha value is -0.730. The van der Waals surface area contributed by atoms with E-state index in [1.165, 1.54) is 18.4 Å². The van der Waals surface area contributed by atoms with Crippen molar-refractivity contribution in [2.45, 2.75) is 31.7 Å². The van der Waals surface area contributed by atoms with Gasteiger partial charge in [0.25, 0.3) is 0 Å². The molecule has 0 radical (unpaired) electrons. The quantitative estimate of drug-likeness (QED) is 0.746. The van der Waals surface area contributed by atoms with Gasteiger partial charge in [0.2, 0.25) is 0 Å². The van der Waals surface area contributed by atoms with Crippen molar-refractivity contribution in [2.75, 3.05) is 7.11 Å². The number of rotatable bonds is 1. The summed E-state index contributed by atoms with van der Waals surface area (Å²) in [5.41, 5.74) is 8.50. The first-order valence-electron chi connectivity index (χ1n) is 5.34. The molecular weight excluding hydrogens is 210 g/mol. The van der Waals surface area contributed by atoms with E-state index in [0.29, 0.717) is 0 Å². The van der Waals surface area contributed by atoms with Gasteiger partial charge >= 0.3 is 0 Å². The monoisotopic (exact) mass is 225 g/mol. The number of nitrogens with two attached hydrogens (primary N) is 1. The van der Waals surface area contributed by atoms with Crippen molar-refractivity contribution in [1.29, 1.82) is 0 Å². The standard InChI is InChI=1S/C12H16ClNO/c1-15-8-6-10-9(11(13)7-8)4-2-3-5-12(10)14/h6-7,12H,2-5,14H2,1H3/t12-/m0/s1. The first-order valence-corrected chi connectivity index (χ1v) is 5.72. The highest BCUT2D eigenvalue weighted by Crippen LogP contribution is 2.34. The van der Waals surface area contributed by atoms with Crippen molar-refractivity contribution in [1.82, 2.24) is 0 Å². The molecule has 0 spiro atoms. The maximum atomic E-state index is 6.23. The summed E-state index contributed by atoms with van der Waals surface area (Å²) >= 11 is 6.23. The van der Waals surface area contributed by atoms with Crippen molar-refractivity contribution in [2.24, 2.45) is 5.73 Å². The molecule has 1 aromatic carbocycles. The second kappa shape index (κ2) is 4.42. The molecule has 82 valence electrons. The normalized spacial score (nSPS) is 20.6. The van der Waals surface area contributed by atoms with Gasteiger partial charge in [0.15, 0.2) is 0 Å². The summed E-state index contributed by atoms with van der Waals surface area (Å²) < 4.78 is 5.21. The number of hydrogen-bond acceptors (Lipinski definition) is 2. The Morgan fingerprint density at radius 3 is 2.93 bits per heavy atom. The van der Waals surface area contributed by atoms with Gasteiger partial charge in [0.05, 0.1) is 7.11 Å². The van der Waals surface area contributed by atoms with Crippen LogP contribution in [0.1, 0.15) is 36.4 Å². The van der Waals surface area contributed by atoms with Crippen LogP contribution in [0.2, 0.25) is 5.02 Å². The molecule has 2 N–H and O–H groups in total. The number of ether oxygens (including phenoxy) is 1. The topological polar surface area (TPSA) is 35.2 Å². The smallest absolute Gasteiger partial charge is 0.120 e. The van der Waals surface area contributed by atoms with Gasteiger partial charge in [-0.25, -0.2) is 0 Å². The lowest BCUT2D eigenvalue weighted by Crippen LogP contribution is -2.10. The lowest BCUT2D eigenvalue weighted by molar-refractivity contribution is 0.413. The number of benzene rings is 1. The second-order valence-electron chi connectivity index (χ2n) is 4.03. The Morgan fingerprint density at radius 1 is 1.40 bits per heavy atom. The van der Waals surface area contributed by atoms with E-state index in [-0.39, 0.29) is 6.04 Å². The van der Waals surface area contributed by atoms with Crippen LogP contribution in [0.25, 0.3) is 0 Å². The largest absolute Gasteiger partial charge is 0.497 e. The Morgan fingerprint density at radius 2 is 2.20 bits per heavy atom. The molecule has 0 fully saturated rings. The number of fused-ring (bicyclic) bond motifs is 1. The molecule has 0 saturated carbocycles. The van der Waals surface area contributed by atoms with Crippen molar-refractivity contribution in [3.05, 3.63) is 28.3 Å². The van der Waals surface area contributed by atoms with Crippen LogP contribution in [0.5, 0.6) is 5.75 Å². The van der Waals surface area contributed by atoms with E-state index in [1.54, 1.807) is 7.11 Å². The van der Waals surface area contributed by atoms with Crippen molar-refractivity contribution in [3.8, 4) is 5.75 Å². The summed E-state index contributed by atoms with van der Waals surface area (Å²) in [5.74, 6) is 0.802. The highest BCUT2D eigenvalue weighted by molar-refractivity contribution is 6.31. The molecule has 2 rings (SSSR count). The summed E-state index contributed by atoms with van der Waals surface area (Å²) in [5, 5.41) is 0.793. The fraction of sp³-hybridized carbons (Fsp3) is 0.500. The predicted molar refractivity (Wildman–Crippen MR) is 62.5 cm³/mol. The SMILES string of the molecule is COc1cc(Cl)c2c(c1)[C@@H](N)CCCC2. The Kier molecular flexibility index (Phi) is 3.17. The second-order valence-corrected chi connectivity index (χ2v) is 4.44. The zero-order chi connectivity index (χ0) is 10.8. The van der Waals surface area contributed by atoms with Crippen molar-refractivity contribution >= 4 is 11.6 Å². The first kappa shape index (κ1) is 10.8. The molecule has 3 heteroatoms. The van der Waals surface area contributed by atoms with Crippen LogP contribution in [0.15, 0.2) is 12.1 Å². The molecule has 1 aliphatic rings. The van der Waals surface area contributed by atoms with Gasteiger partial charge in [-0.1, -0.05) is 18.0 Å². The minimum absolute atomic E-state index is 0.107. The number of methoxy groups -OCH3 is 1. The summed E-state index contributed by atoms with van der Waals surface area (Å²) in [7, 11) is 1.65. The molecule has 0 unspecified atom stereocenters. The van der Waals surface area contributed by atoms with Crippen LogP contribution in [0.4, 0.5) is 0 Å². The van der Waals surface area contributed by atoms with Gasteiger partial charge in [-0.15, -0.1) is 0 Å². The van der Waals surface area contributed by atoms with Crippen LogP contribution < -0.4 is 10.5 Å². The molecule has 1 atom stereocenters. The fourth-order valence-electron chi connectivity index (χ4n) is 2.17. The van der Waals surface area contributed by atoms with Gasteiger partial charge in [0.1, 0.15) is 5.75 Å². The number of hydrogen-bond donors (Lipinski definition) is 1. The fourth-order valence-corrected chi connectivity index (χ4v) is 2.48. The van der Waals surface area contributed by atoms with Gasteiger partial charge in [0, 0.05) is 11.1 Å². The maximum absolute atomic E-state index is 6.23. The third kappa shape index (κ3) is 2.11. The lowest BCUT2D eigenvalue weighted by Gasteiger charge is -2.15. The highest BCUT2D eigenvalue weighted by atomic mass is 35.5. The zero-order valence-corrected chi connectivity index (χ0v) is 9.68. The van der Waals surface area contributed by atoms with Gasteiger partial charge in [-0.3, -0.25) is 0 Å². The summed E-state index contributed by atoms with van der Waals surface area (Å²) in [6.07, 6.45) is 4.42. The Labute approximate surface area is 95.4 Å². The van der Waals surface area contributed by atoms with E-state index in [2.05, 4.69) is 0 Å². The van der Waals surface area contributed by atoms with Crippen LogP contribution in [0, 0.1) is 0 Å². The molecule has 0 heterocycles. The Bertz CT molecular complexity index is 365. The Balaban J connectivity index is 2.50. The van der Waals surface area contributed by atoms with Crippen LogP contribution >= 0.6 is 11.6 Å². The van der Waals surface area contributed by atoms with E-state index < -0.39 is 0 Å². The molecule has 0 amide bonds. The van der Waals surface area contributed by atoms with E-state index in [9.17, 15) is 0 Å². The highest BCUT2D eigenvalue weighted by Gasteiger charge is 2.18. The van der Waals surface area contributed by atoms with Crippen LogP contribution in [-0.2, 0) is 6.42 Å². The minimum atomic E-state index is 0.107. The molecule has 15 heavy (non-hydrogen) atoms. The van der Waals surface area contributed by atoms with Crippen molar-refractivity contribution < 1.29 is 4.74 Å². The van der Waals surface area contributed by atoms with Crippen LogP contribution in [0.3, 0.4) is 0 Å². The minimum Gasteiger partial charge on any atom is -0.497 e. The van der Waals surface area contributed by atoms with E-state index in [4.69, 9.17) is 22.1 Å². The van der Waals surface area contributed by atoms with Gasteiger partial charge in [-0.05, 0) is 42.5 Å². The van der Waals surface area contributed by atoms with E-state index in [0.717, 1.165) is 29.2 Å².